The molecule has 0 aliphatic rings. The average Bonchev–Trinajstić information content (AvgIpc) is 2.44. The molecular formula is C15H23N3O3. The highest BCUT2D eigenvalue weighted by Gasteiger charge is 2.28. The van der Waals surface area contributed by atoms with Gasteiger partial charge in [-0.05, 0) is 25.8 Å². The molecule has 0 saturated heterocycles. The number of methoxy groups -OCH3 is 1. The van der Waals surface area contributed by atoms with Gasteiger partial charge >= 0.3 is 0 Å². The molecule has 6 heteroatoms. The van der Waals surface area contributed by atoms with Gasteiger partial charge in [-0.3, -0.25) is 4.79 Å². The Morgan fingerprint density at radius 2 is 2.05 bits per heavy atom. The zero-order valence-electron chi connectivity index (χ0n) is 12.7. The number of nitrogens with zero attached hydrogens (tertiary/aromatic N) is 1. The molecule has 1 amide bonds. The van der Waals surface area contributed by atoms with Crippen LogP contribution in [0.5, 0.6) is 0 Å². The van der Waals surface area contributed by atoms with Crippen LogP contribution in [0.25, 0.3) is 0 Å². The lowest BCUT2D eigenvalue weighted by molar-refractivity contribution is -0.125. The number of oxime groups is 1. The van der Waals surface area contributed by atoms with Gasteiger partial charge in [0.25, 0.3) is 0 Å². The van der Waals surface area contributed by atoms with E-state index in [1.165, 1.54) is 0 Å². The summed E-state index contributed by atoms with van der Waals surface area (Å²) in [4.78, 5) is 12.4. The lowest BCUT2D eigenvalue weighted by Crippen LogP contribution is -2.51. The number of carbonyl (C=O) groups is 1. The number of carbonyl (C=O) groups excluding carboxylic acids is 1. The largest absolute Gasteiger partial charge is 0.409 e. The van der Waals surface area contributed by atoms with Crippen molar-refractivity contribution in [3.63, 3.8) is 0 Å². The van der Waals surface area contributed by atoms with E-state index >= 15 is 0 Å². The van der Waals surface area contributed by atoms with Crippen molar-refractivity contribution in [2.45, 2.75) is 25.8 Å². The van der Waals surface area contributed by atoms with Crippen molar-refractivity contribution in [2.75, 3.05) is 13.7 Å². The summed E-state index contributed by atoms with van der Waals surface area (Å²) in [5.41, 5.74) is 6.07. The first-order chi connectivity index (χ1) is 9.89. The zero-order valence-corrected chi connectivity index (χ0v) is 12.7. The zero-order chi connectivity index (χ0) is 15.9. The molecule has 0 heterocycles. The summed E-state index contributed by atoms with van der Waals surface area (Å²) in [6.45, 7) is 4.06. The van der Waals surface area contributed by atoms with Gasteiger partial charge in [-0.25, -0.2) is 0 Å². The Labute approximate surface area is 125 Å². The predicted octanol–water partition coefficient (Wildman–Crippen LogP) is 1.13. The van der Waals surface area contributed by atoms with Crippen LogP contribution in [0.4, 0.5) is 0 Å². The van der Waals surface area contributed by atoms with Crippen molar-refractivity contribution in [3.05, 3.63) is 35.9 Å². The molecule has 1 aromatic rings. The normalized spacial score (nSPS) is 13.8. The third-order valence-electron chi connectivity index (χ3n) is 3.04. The van der Waals surface area contributed by atoms with Crippen LogP contribution in [0.3, 0.4) is 0 Å². The number of amides is 1. The smallest absolute Gasteiger partial charge is 0.231 e. The number of rotatable bonds is 7. The van der Waals surface area contributed by atoms with Crippen LogP contribution in [-0.4, -0.2) is 36.2 Å². The number of hydrogen-bond acceptors (Lipinski definition) is 4. The van der Waals surface area contributed by atoms with Crippen LogP contribution in [0.2, 0.25) is 0 Å². The van der Waals surface area contributed by atoms with Gasteiger partial charge in [0, 0.05) is 7.11 Å². The van der Waals surface area contributed by atoms with E-state index in [1.807, 2.05) is 44.2 Å². The molecule has 1 atom stereocenters. The Morgan fingerprint density at radius 1 is 1.43 bits per heavy atom. The van der Waals surface area contributed by atoms with Crippen LogP contribution in [-0.2, 0) is 16.0 Å². The van der Waals surface area contributed by atoms with Crippen molar-refractivity contribution in [1.82, 2.24) is 5.32 Å². The Kier molecular flexibility index (Phi) is 6.17. The van der Waals surface area contributed by atoms with Crippen LogP contribution in [0, 0.1) is 5.92 Å². The number of nitrogens with one attached hydrogen (secondary N) is 1. The molecule has 4 N–H and O–H groups in total. The lowest BCUT2D eigenvalue weighted by Gasteiger charge is -2.27. The molecule has 1 unspecified atom stereocenters. The predicted molar refractivity (Wildman–Crippen MR) is 81.1 cm³/mol. The number of nitrogens with two attached hydrogens (primary N) is 1. The highest BCUT2D eigenvalue weighted by molar-refractivity contribution is 6.02. The second-order valence-corrected chi connectivity index (χ2v) is 5.57. The van der Waals surface area contributed by atoms with Gasteiger partial charge in [-0.1, -0.05) is 35.5 Å². The first-order valence-corrected chi connectivity index (χ1v) is 6.72. The lowest BCUT2D eigenvalue weighted by atomic mass is 9.95. The minimum atomic E-state index is -0.728. The van der Waals surface area contributed by atoms with Gasteiger partial charge in [0.2, 0.25) is 5.91 Å². The maximum atomic E-state index is 12.4. The summed E-state index contributed by atoms with van der Waals surface area (Å²) in [6.07, 6.45) is 0.367. The van der Waals surface area contributed by atoms with Gasteiger partial charge in [0.05, 0.1) is 12.1 Å². The van der Waals surface area contributed by atoms with Gasteiger partial charge in [0.1, 0.15) is 5.92 Å². The van der Waals surface area contributed by atoms with Gasteiger partial charge in [-0.15, -0.1) is 0 Å². The van der Waals surface area contributed by atoms with Crippen LogP contribution >= 0.6 is 0 Å². The second kappa shape index (κ2) is 7.64. The Morgan fingerprint density at radius 3 is 2.57 bits per heavy atom. The second-order valence-electron chi connectivity index (χ2n) is 5.57. The minimum Gasteiger partial charge on any atom is -0.409 e. The fourth-order valence-electron chi connectivity index (χ4n) is 2.07. The fourth-order valence-corrected chi connectivity index (χ4v) is 2.07. The molecule has 21 heavy (non-hydrogen) atoms. The molecular weight excluding hydrogens is 270 g/mol. The summed E-state index contributed by atoms with van der Waals surface area (Å²) >= 11 is 0. The Bertz CT molecular complexity index is 486. The quantitative estimate of drug-likeness (QED) is 0.304. The molecule has 0 radical (unpaired) electrons. The number of hydrogen-bond donors (Lipinski definition) is 3. The highest BCUT2D eigenvalue weighted by Crippen LogP contribution is 2.12. The molecule has 0 bridgehead atoms. The van der Waals surface area contributed by atoms with Crippen LogP contribution in [0.15, 0.2) is 35.5 Å². The van der Waals surface area contributed by atoms with Crippen LogP contribution in [0.1, 0.15) is 19.4 Å². The molecule has 0 spiro atoms. The van der Waals surface area contributed by atoms with Gasteiger partial charge in [-0.2, -0.15) is 0 Å². The van der Waals surface area contributed by atoms with Crippen molar-refractivity contribution in [1.29, 1.82) is 0 Å². The topological polar surface area (TPSA) is 96.9 Å². The van der Waals surface area contributed by atoms with E-state index in [-0.39, 0.29) is 11.7 Å². The molecule has 0 aliphatic carbocycles. The molecule has 1 aromatic carbocycles. The third-order valence-corrected chi connectivity index (χ3v) is 3.04. The van der Waals surface area contributed by atoms with Crippen molar-refractivity contribution < 1.29 is 14.7 Å². The van der Waals surface area contributed by atoms with E-state index in [1.54, 1.807) is 7.11 Å². The summed E-state index contributed by atoms with van der Waals surface area (Å²) in [7, 11) is 1.57. The average molecular weight is 293 g/mol. The van der Waals surface area contributed by atoms with Crippen molar-refractivity contribution in [2.24, 2.45) is 16.8 Å². The molecule has 6 nitrogen and oxygen atoms in total. The maximum absolute atomic E-state index is 12.4. The Balaban J connectivity index is 2.85. The molecule has 116 valence electrons. The van der Waals surface area contributed by atoms with Gasteiger partial charge in [0.15, 0.2) is 5.84 Å². The maximum Gasteiger partial charge on any atom is 0.231 e. The van der Waals surface area contributed by atoms with E-state index < -0.39 is 11.5 Å². The molecule has 1 rings (SSSR count). The first kappa shape index (κ1) is 17.0. The number of amidine groups is 1. The summed E-state index contributed by atoms with van der Waals surface area (Å²) in [5.74, 6) is -1.13. The third kappa shape index (κ3) is 5.43. The molecule has 0 fully saturated rings. The van der Waals surface area contributed by atoms with E-state index in [0.29, 0.717) is 13.0 Å². The standard InChI is InChI=1S/C15H23N3O3/c1-15(2,10-21-3)17-14(19)12(13(16)18-20)9-11-7-5-4-6-8-11/h4-8,12,20H,9-10H2,1-3H3,(H2,16,18)(H,17,19). The summed E-state index contributed by atoms with van der Waals surface area (Å²) < 4.78 is 5.07. The van der Waals surface area contributed by atoms with E-state index in [4.69, 9.17) is 15.7 Å². The van der Waals surface area contributed by atoms with Gasteiger partial charge < -0.3 is 21.0 Å². The summed E-state index contributed by atoms with van der Waals surface area (Å²) in [6, 6.07) is 9.44. The first-order valence-electron chi connectivity index (χ1n) is 6.72. The number of benzene rings is 1. The summed E-state index contributed by atoms with van der Waals surface area (Å²) in [5, 5.41) is 14.7. The van der Waals surface area contributed by atoms with E-state index in [0.717, 1.165) is 5.56 Å². The van der Waals surface area contributed by atoms with E-state index in [2.05, 4.69) is 10.5 Å². The van der Waals surface area contributed by atoms with Crippen LogP contribution < -0.4 is 11.1 Å². The Hall–Kier alpha value is -2.08. The fraction of sp³-hybridized carbons (Fsp3) is 0.467. The molecule has 0 saturated carbocycles. The molecule has 0 aromatic heterocycles. The number of ether oxygens (including phenoxy) is 1. The van der Waals surface area contributed by atoms with E-state index in [9.17, 15) is 4.79 Å². The highest BCUT2D eigenvalue weighted by atomic mass is 16.5. The SMILES string of the molecule is COCC(C)(C)NC(=O)C(Cc1ccccc1)/C(N)=N/O. The molecule has 0 aliphatic heterocycles. The minimum absolute atomic E-state index is 0.107. The van der Waals surface area contributed by atoms with Crippen molar-refractivity contribution >= 4 is 11.7 Å². The monoisotopic (exact) mass is 293 g/mol. The van der Waals surface area contributed by atoms with Crippen molar-refractivity contribution in [3.8, 4) is 0 Å².